The molecule has 0 atom stereocenters. The van der Waals surface area contributed by atoms with Crippen LogP contribution in [0.5, 0.6) is 0 Å². The van der Waals surface area contributed by atoms with Crippen molar-refractivity contribution in [2.45, 2.75) is 9.79 Å². The molecule has 1 aromatic heterocycles. The number of fused-ring (bicyclic) bond motifs is 1. The summed E-state index contributed by atoms with van der Waals surface area (Å²) in [4.78, 5) is 5.62. The summed E-state index contributed by atoms with van der Waals surface area (Å²) in [6.07, 6.45) is 1.96. The molecule has 0 spiro atoms. The highest BCUT2D eigenvalue weighted by atomic mass is 35.5. The van der Waals surface area contributed by atoms with Crippen LogP contribution in [0.2, 0.25) is 5.02 Å². The number of hydrogen-bond acceptors (Lipinski definition) is 1. The molecule has 0 aliphatic rings. The van der Waals surface area contributed by atoms with Crippen LogP contribution < -0.4 is 0 Å². The Kier molecular flexibility index (Phi) is 2.83. The molecule has 3 rings (SSSR count). The predicted octanol–water partition coefficient (Wildman–Crippen LogP) is 4.97. The first-order valence-electron chi connectivity index (χ1n) is 5.32. The molecule has 0 unspecified atom stereocenters. The highest BCUT2D eigenvalue weighted by molar-refractivity contribution is 7.99. The zero-order valence-electron chi connectivity index (χ0n) is 8.98. The predicted molar refractivity (Wildman–Crippen MR) is 73.9 cm³/mol. The van der Waals surface area contributed by atoms with E-state index in [4.69, 9.17) is 11.6 Å². The Labute approximate surface area is 109 Å². The lowest BCUT2D eigenvalue weighted by atomic mass is 10.2. The molecule has 0 aliphatic heterocycles. The minimum Gasteiger partial charge on any atom is -0.361 e. The van der Waals surface area contributed by atoms with Crippen LogP contribution in [0.15, 0.2) is 64.5 Å². The van der Waals surface area contributed by atoms with Crippen LogP contribution in [0.25, 0.3) is 10.9 Å². The van der Waals surface area contributed by atoms with Crippen molar-refractivity contribution in [2.24, 2.45) is 0 Å². The molecule has 0 bridgehead atoms. The first-order valence-corrected chi connectivity index (χ1v) is 6.52. The maximum atomic E-state index is 5.99. The summed E-state index contributed by atoms with van der Waals surface area (Å²) in [6.45, 7) is 0. The van der Waals surface area contributed by atoms with Gasteiger partial charge in [-0.3, -0.25) is 0 Å². The molecular formula is C14H10ClNS. The van der Waals surface area contributed by atoms with Crippen LogP contribution in [0.1, 0.15) is 0 Å². The normalized spacial score (nSPS) is 10.9. The van der Waals surface area contributed by atoms with E-state index in [1.165, 1.54) is 10.3 Å². The molecule has 3 heteroatoms. The first kappa shape index (κ1) is 10.8. The van der Waals surface area contributed by atoms with Gasteiger partial charge in [0, 0.05) is 31.9 Å². The minimum atomic E-state index is 0.774. The largest absolute Gasteiger partial charge is 0.361 e. The van der Waals surface area contributed by atoms with Crippen molar-refractivity contribution in [3.05, 3.63) is 59.8 Å². The first-order chi connectivity index (χ1) is 8.33. The Morgan fingerprint density at radius 1 is 1.00 bits per heavy atom. The van der Waals surface area contributed by atoms with Gasteiger partial charge in [0.15, 0.2) is 0 Å². The lowest BCUT2D eigenvalue weighted by molar-refractivity contribution is 1.43. The second-order valence-corrected chi connectivity index (χ2v) is 5.31. The van der Waals surface area contributed by atoms with Gasteiger partial charge in [0.05, 0.1) is 0 Å². The molecule has 1 nitrogen and oxygen atoms in total. The van der Waals surface area contributed by atoms with E-state index in [1.54, 1.807) is 11.8 Å². The molecule has 0 amide bonds. The number of H-pyrrole nitrogens is 1. The molecule has 3 aromatic rings. The third-order valence-corrected chi connectivity index (χ3v) is 3.88. The van der Waals surface area contributed by atoms with E-state index in [2.05, 4.69) is 35.3 Å². The molecule has 0 saturated carbocycles. The van der Waals surface area contributed by atoms with Crippen molar-refractivity contribution in [1.29, 1.82) is 0 Å². The lowest BCUT2D eigenvalue weighted by Crippen LogP contribution is -1.75. The van der Waals surface area contributed by atoms with Gasteiger partial charge >= 0.3 is 0 Å². The van der Waals surface area contributed by atoms with Crippen molar-refractivity contribution in [1.82, 2.24) is 4.98 Å². The van der Waals surface area contributed by atoms with E-state index in [0.29, 0.717) is 0 Å². The van der Waals surface area contributed by atoms with E-state index in [-0.39, 0.29) is 0 Å². The Morgan fingerprint density at radius 3 is 2.76 bits per heavy atom. The molecule has 2 aromatic carbocycles. The lowest BCUT2D eigenvalue weighted by Gasteiger charge is -2.03. The van der Waals surface area contributed by atoms with E-state index >= 15 is 0 Å². The second kappa shape index (κ2) is 4.47. The van der Waals surface area contributed by atoms with Crippen LogP contribution in [0.4, 0.5) is 0 Å². The van der Waals surface area contributed by atoms with Crippen molar-refractivity contribution < 1.29 is 0 Å². The minimum absolute atomic E-state index is 0.774. The molecule has 0 fully saturated rings. The number of rotatable bonds is 2. The third kappa shape index (κ3) is 2.19. The monoisotopic (exact) mass is 259 g/mol. The molecule has 0 radical (unpaired) electrons. The van der Waals surface area contributed by atoms with Crippen molar-refractivity contribution >= 4 is 34.3 Å². The van der Waals surface area contributed by atoms with Gasteiger partial charge in [-0.2, -0.15) is 0 Å². The summed E-state index contributed by atoms with van der Waals surface area (Å²) in [5.41, 5.74) is 1.16. The second-order valence-electron chi connectivity index (χ2n) is 3.75. The molecular weight excluding hydrogens is 250 g/mol. The average molecular weight is 260 g/mol. The highest BCUT2D eigenvalue weighted by Gasteiger charge is 2.03. The van der Waals surface area contributed by atoms with Crippen molar-refractivity contribution in [2.75, 3.05) is 0 Å². The Morgan fingerprint density at radius 2 is 1.88 bits per heavy atom. The van der Waals surface area contributed by atoms with E-state index in [0.717, 1.165) is 15.4 Å². The van der Waals surface area contributed by atoms with Crippen LogP contribution in [-0.2, 0) is 0 Å². The summed E-state index contributed by atoms with van der Waals surface area (Å²) in [6, 6.07) is 16.3. The van der Waals surface area contributed by atoms with Crippen molar-refractivity contribution in [3.8, 4) is 0 Å². The number of halogens is 1. The highest BCUT2D eigenvalue weighted by Crippen LogP contribution is 2.33. The smallest absolute Gasteiger partial charge is 0.0465 e. The zero-order chi connectivity index (χ0) is 11.7. The van der Waals surface area contributed by atoms with Gasteiger partial charge in [0.1, 0.15) is 0 Å². The molecule has 84 valence electrons. The fourth-order valence-electron chi connectivity index (χ4n) is 1.80. The fraction of sp³-hybridized carbons (Fsp3) is 0. The van der Waals surface area contributed by atoms with Gasteiger partial charge < -0.3 is 4.98 Å². The van der Waals surface area contributed by atoms with Crippen LogP contribution in [0, 0.1) is 0 Å². The standard InChI is InChI=1S/C14H10ClNS/c15-10-3-1-4-11(9-10)17-14-6-2-5-13-12(14)7-8-16-13/h1-9,16H. The molecule has 1 heterocycles. The SMILES string of the molecule is Clc1cccc(Sc2cccc3[nH]ccc23)c1. The van der Waals surface area contributed by atoms with E-state index in [9.17, 15) is 0 Å². The Bertz CT molecular complexity index is 660. The molecule has 17 heavy (non-hydrogen) atoms. The zero-order valence-corrected chi connectivity index (χ0v) is 10.6. The van der Waals surface area contributed by atoms with Gasteiger partial charge in [-0.25, -0.2) is 0 Å². The quantitative estimate of drug-likeness (QED) is 0.687. The number of nitrogens with one attached hydrogen (secondary N) is 1. The Balaban J connectivity index is 2.02. The van der Waals surface area contributed by atoms with E-state index in [1.807, 2.05) is 24.4 Å². The molecule has 1 N–H and O–H groups in total. The summed E-state index contributed by atoms with van der Waals surface area (Å²) < 4.78 is 0. The maximum Gasteiger partial charge on any atom is 0.0465 e. The number of hydrogen-bond donors (Lipinski definition) is 1. The maximum absolute atomic E-state index is 5.99. The third-order valence-electron chi connectivity index (χ3n) is 2.58. The fourth-order valence-corrected chi connectivity index (χ4v) is 3.08. The van der Waals surface area contributed by atoms with Gasteiger partial charge in [-0.1, -0.05) is 35.5 Å². The summed E-state index contributed by atoms with van der Waals surface area (Å²) >= 11 is 7.72. The topological polar surface area (TPSA) is 15.8 Å². The van der Waals surface area contributed by atoms with Crippen LogP contribution in [-0.4, -0.2) is 4.98 Å². The van der Waals surface area contributed by atoms with Crippen molar-refractivity contribution in [3.63, 3.8) is 0 Å². The summed E-state index contributed by atoms with van der Waals surface area (Å²) in [5.74, 6) is 0. The molecule has 0 saturated heterocycles. The average Bonchev–Trinajstić information content (AvgIpc) is 2.78. The van der Waals surface area contributed by atoms with Gasteiger partial charge in [-0.15, -0.1) is 0 Å². The number of aromatic nitrogens is 1. The summed E-state index contributed by atoms with van der Waals surface area (Å²) in [5, 5.41) is 2.02. The Hall–Kier alpha value is -1.38. The van der Waals surface area contributed by atoms with Gasteiger partial charge in [0.2, 0.25) is 0 Å². The van der Waals surface area contributed by atoms with Crippen LogP contribution >= 0.6 is 23.4 Å². The summed E-state index contributed by atoms with van der Waals surface area (Å²) in [7, 11) is 0. The number of aromatic amines is 1. The van der Waals surface area contributed by atoms with Gasteiger partial charge in [0.25, 0.3) is 0 Å². The van der Waals surface area contributed by atoms with Gasteiger partial charge in [-0.05, 0) is 36.4 Å². The van der Waals surface area contributed by atoms with E-state index < -0.39 is 0 Å². The van der Waals surface area contributed by atoms with Crippen LogP contribution in [0.3, 0.4) is 0 Å². The molecule has 0 aliphatic carbocycles. The number of benzene rings is 2.